The van der Waals surface area contributed by atoms with Crippen LogP contribution in [-0.4, -0.2) is 24.6 Å². The van der Waals surface area contributed by atoms with E-state index in [9.17, 15) is 13.2 Å². The van der Waals surface area contributed by atoms with Crippen molar-refractivity contribution in [2.24, 2.45) is 0 Å². The molecule has 1 rings (SSSR count). The van der Waals surface area contributed by atoms with Crippen LogP contribution in [0.4, 0.5) is 13.2 Å². The zero-order valence-electron chi connectivity index (χ0n) is 10.6. The predicted molar refractivity (Wildman–Crippen MR) is 71.0 cm³/mol. The fourth-order valence-corrected chi connectivity index (χ4v) is 2.48. The zero-order chi connectivity index (χ0) is 13.6. The van der Waals surface area contributed by atoms with Gasteiger partial charge in [0.1, 0.15) is 0 Å². The number of hydrogen-bond donors (Lipinski definition) is 1. The van der Waals surface area contributed by atoms with Crippen LogP contribution in [0.15, 0.2) is 24.3 Å². The Kier molecular flexibility index (Phi) is 6.02. The average molecular weight is 277 g/mol. The van der Waals surface area contributed by atoms with E-state index in [0.29, 0.717) is 6.42 Å². The third kappa shape index (κ3) is 4.90. The summed E-state index contributed by atoms with van der Waals surface area (Å²) in [5.74, 6) is 0.893. The van der Waals surface area contributed by atoms with E-state index in [-0.39, 0.29) is 6.04 Å². The summed E-state index contributed by atoms with van der Waals surface area (Å²) < 4.78 is 37.7. The van der Waals surface area contributed by atoms with Crippen molar-refractivity contribution < 1.29 is 13.2 Å². The standard InChI is InChI=1S/C13H18F3NS/c1-3-17-12(9-18-2)8-10-5-4-6-11(7-10)13(14,15)16/h4-7,12,17H,3,8-9H2,1-2H3. The summed E-state index contributed by atoms with van der Waals surface area (Å²) in [6, 6.07) is 5.79. The Balaban J connectivity index is 2.77. The fraction of sp³-hybridized carbons (Fsp3) is 0.538. The van der Waals surface area contributed by atoms with Crippen LogP contribution in [0, 0.1) is 0 Å². The van der Waals surface area contributed by atoms with Gasteiger partial charge in [0.05, 0.1) is 5.56 Å². The fourth-order valence-electron chi connectivity index (χ4n) is 1.84. The van der Waals surface area contributed by atoms with Crippen LogP contribution < -0.4 is 5.32 Å². The second kappa shape index (κ2) is 7.04. The molecule has 0 aliphatic rings. The number of benzene rings is 1. The molecule has 102 valence electrons. The van der Waals surface area contributed by atoms with Crippen LogP contribution in [0.25, 0.3) is 0 Å². The average Bonchev–Trinajstić information content (AvgIpc) is 2.29. The van der Waals surface area contributed by atoms with E-state index in [1.165, 1.54) is 12.1 Å². The second-order valence-electron chi connectivity index (χ2n) is 4.11. The normalized spacial score (nSPS) is 13.6. The molecular formula is C13H18F3NS. The lowest BCUT2D eigenvalue weighted by Gasteiger charge is -2.17. The maximum absolute atomic E-state index is 12.6. The number of thioether (sulfide) groups is 1. The highest BCUT2D eigenvalue weighted by atomic mass is 32.2. The summed E-state index contributed by atoms with van der Waals surface area (Å²) in [4.78, 5) is 0. The van der Waals surface area contributed by atoms with Crippen molar-refractivity contribution in [2.75, 3.05) is 18.6 Å². The number of nitrogens with one attached hydrogen (secondary N) is 1. The van der Waals surface area contributed by atoms with Crippen LogP contribution in [0.2, 0.25) is 0 Å². The van der Waals surface area contributed by atoms with Gasteiger partial charge in [0.2, 0.25) is 0 Å². The summed E-state index contributed by atoms with van der Waals surface area (Å²) in [6.45, 7) is 2.82. The first-order chi connectivity index (χ1) is 8.47. The van der Waals surface area contributed by atoms with E-state index in [1.54, 1.807) is 17.8 Å². The van der Waals surface area contributed by atoms with Crippen LogP contribution in [0.3, 0.4) is 0 Å². The molecule has 18 heavy (non-hydrogen) atoms. The summed E-state index contributed by atoms with van der Waals surface area (Å²) in [5.41, 5.74) is 0.157. The van der Waals surface area contributed by atoms with Gasteiger partial charge >= 0.3 is 6.18 Å². The molecule has 1 nitrogen and oxygen atoms in total. The summed E-state index contributed by atoms with van der Waals surface area (Å²) in [7, 11) is 0. The van der Waals surface area contributed by atoms with E-state index >= 15 is 0 Å². The first-order valence-corrected chi connectivity index (χ1v) is 7.25. The quantitative estimate of drug-likeness (QED) is 0.853. The van der Waals surface area contributed by atoms with Crippen LogP contribution >= 0.6 is 11.8 Å². The molecule has 1 atom stereocenters. The highest BCUT2D eigenvalue weighted by Crippen LogP contribution is 2.29. The van der Waals surface area contributed by atoms with Crippen molar-refractivity contribution in [3.63, 3.8) is 0 Å². The molecule has 1 aromatic rings. The molecule has 1 unspecified atom stereocenters. The van der Waals surface area contributed by atoms with Gasteiger partial charge in [0.25, 0.3) is 0 Å². The largest absolute Gasteiger partial charge is 0.416 e. The van der Waals surface area contributed by atoms with Crippen molar-refractivity contribution in [3.8, 4) is 0 Å². The minimum atomic E-state index is -4.26. The molecule has 0 heterocycles. The Bertz CT molecular complexity index is 359. The minimum absolute atomic E-state index is 0.216. The number of alkyl halides is 3. The van der Waals surface area contributed by atoms with Crippen molar-refractivity contribution in [3.05, 3.63) is 35.4 Å². The van der Waals surface area contributed by atoms with Gasteiger partial charge in [-0.2, -0.15) is 24.9 Å². The molecule has 0 saturated carbocycles. The summed E-state index contributed by atoms with van der Waals surface area (Å²) in [6.07, 6.45) is -1.64. The van der Waals surface area contributed by atoms with E-state index in [4.69, 9.17) is 0 Å². The van der Waals surface area contributed by atoms with Gasteiger partial charge in [-0.3, -0.25) is 0 Å². The third-order valence-electron chi connectivity index (χ3n) is 2.60. The van der Waals surface area contributed by atoms with Gasteiger partial charge < -0.3 is 5.32 Å². The summed E-state index contributed by atoms with van der Waals surface area (Å²) >= 11 is 1.69. The number of likely N-dealkylation sites (N-methyl/N-ethyl adjacent to an activating group) is 1. The van der Waals surface area contributed by atoms with Gasteiger partial charge in [0.15, 0.2) is 0 Å². The van der Waals surface area contributed by atoms with E-state index < -0.39 is 11.7 Å². The van der Waals surface area contributed by atoms with Crippen LogP contribution in [0.1, 0.15) is 18.1 Å². The van der Waals surface area contributed by atoms with Gasteiger partial charge in [-0.05, 0) is 30.9 Å². The molecule has 0 amide bonds. The molecule has 0 spiro atoms. The molecule has 5 heteroatoms. The van der Waals surface area contributed by atoms with Gasteiger partial charge in [-0.1, -0.05) is 25.1 Å². The Labute approximate surface area is 110 Å². The number of halogens is 3. The molecular weight excluding hydrogens is 259 g/mol. The number of hydrogen-bond acceptors (Lipinski definition) is 2. The first-order valence-electron chi connectivity index (χ1n) is 5.85. The molecule has 0 bridgehead atoms. The van der Waals surface area contributed by atoms with Crippen molar-refractivity contribution in [1.82, 2.24) is 5.32 Å². The molecule has 1 N–H and O–H groups in total. The highest BCUT2D eigenvalue weighted by molar-refractivity contribution is 7.98. The van der Waals surface area contributed by atoms with E-state index in [0.717, 1.165) is 23.9 Å². The summed E-state index contributed by atoms with van der Waals surface area (Å²) in [5, 5.41) is 3.29. The van der Waals surface area contributed by atoms with Crippen molar-refractivity contribution in [2.45, 2.75) is 25.6 Å². The Hall–Kier alpha value is -0.680. The van der Waals surface area contributed by atoms with Crippen LogP contribution in [0.5, 0.6) is 0 Å². The smallest absolute Gasteiger partial charge is 0.313 e. The molecule has 1 aromatic carbocycles. The first kappa shape index (κ1) is 15.4. The molecule has 0 saturated heterocycles. The zero-order valence-corrected chi connectivity index (χ0v) is 11.4. The molecule has 0 radical (unpaired) electrons. The van der Waals surface area contributed by atoms with E-state index in [2.05, 4.69) is 5.32 Å². The van der Waals surface area contributed by atoms with Gasteiger partial charge in [-0.15, -0.1) is 0 Å². The number of rotatable bonds is 6. The Morgan fingerprint density at radius 2 is 2.06 bits per heavy atom. The molecule has 0 aliphatic heterocycles. The van der Waals surface area contributed by atoms with Crippen LogP contribution in [-0.2, 0) is 12.6 Å². The molecule has 0 aliphatic carbocycles. The topological polar surface area (TPSA) is 12.0 Å². The second-order valence-corrected chi connectivity index (χ2v) is 5.02. The lowest BCUT2D eigenvalue weighted by atomic mass is 10.0. The van der Waals surface area contributed by atoms with Gasteiger partial charge in [0, 0.05) is 11.8 Å². The molecule has 0 aromatic heterocycles. The van der Waals surface area contributed by atoms with Crippen molar-refractivity contribution >= 4 is 11.8 Å². The maximum Gasteiger partial charge on any atom is 0.416 e. The van der Waals surface area contributed by atoms with Gasteiger partial charge in [-0.25, -0.2) is 0 Å². The monoisotopic (exact) mass is 277 g/mol. The van der Waals surface area contributed by atoms with E-state index in [1.807, 2.05) is 13.2 Å². The lowest BCUT2D eigenvalue weighted by Crippen LogP contribution is -2.33. The third-order valence-corrected chi connectivity index (χ3v) is 3.33. The lowest BCUT2D eigenvalue weighted by molar-refractivity contribution is -0.137. The minimum Gasteiger partial charge on any atom is -0.313 e. The highest BCUT2D eigenvalue weighted by Gasteiger charge is 2.30. The van der Waals surface area contributed by atoms with Crippen molar-refractivity contribution in [1.29, 1.82) is 0 Å². The Morgan fingerprint density at radius 1 is 1.33 bits per heavy atom. The molecule has 0 fully saturated rings. The predicted octanol–water partition coefficient (Wildman–Crippen LogP) is 3.59. The SMILES string of the molecule is CCNC(CSC)Cc1cccc(C(F)(F)F)c1. The maximum atomic E-state index is 12.6. The Morgan fingerprint density at radius 3 is 2.61 bits per heavy atom.